The molecule has 1 atom stereocenters. The van der Waals surface area contributed by atoms with Gasteiger partial charge in [0.1, 0.15) is 0 Å². The third-order valence-electron chi connectivity index (χ3n) is 3.04. The normalized spacial score (nSPS) is 19.2. The van der Waals surface area contributed by atoms with Crippen molar-refractivity contribution in [2.24, 2.45) is 0 Å². The highest BCUT2D eigenvalue weighted by molar-refractivity contribution is 5.83. The Morgan fingerprint density at radius 3 is 3.00 bits per heavy atom. The molecule has 1 saturated heterocycles. The number of aldehydes is 1. The zero-order chi connectivity index (χ0) is 13.8. The van der Waals surface area contributed by atoms with Crippen molar-refractivity contribution in [1.82, 2.24) is 0 Å². The van der Waals surface area contributed by atoms with E-state index < -0.39 is 4.92 Å². The number of hydrogen-bond acceptors (Lipinski definition) is 6. The highest BCUT2D eigenvalue weighted by Crippen LogP contribution is 2.25. The zero-order valence-electron chi connectivity index (χ0n) is 10.2. The van der Waals surface area contributed by atoms with Crippen molar-refractivity contribution in [3.05, 3.63) is 33.9 Å². The summed E-state index contributed by atoms with van der Waals surface area (Å²) in [6, 6.07) is 4.41. The Balaban J connectivity index is 2.25. The lowest BCUT2D eigenvalue weighted by Gasteiger charge is -2.33. The van der Waals surface area contributed by atoms with Crippen LogP contribution in [0.4, 0.5) is 11.4 Å². The van der Waals surface area contributed by atoms with Gasteiger partial charge in [0.2, 0.25) is 0 Å². The van der Waals surface area contributed by atoms with Gasteiger partial charge < -0.3 is 14.7 Å². The number of carbonyl (C=O) groups is 1. The molecule has 1 aromatic rings. The molecule has 7 nitrogen and oxygen atoms in total. The van der Waals surface area contributed by atoms with E-state index in [2.05, 4.69) is 0 Å². The van der Waals surface area contributed by atoms with Gasteiger partial charge in [-0.25, -0.2) is 0 Å². The summed E-state index contributed by atoms with van der Waals surface area (Å²) in [5.74, 6) is 0. The average Bonchev–Trinajstić information content (AvgIpc) is 2.46. The van der Waals surface area contributed by atoms with E-state index >= 15 is 0 Å². The van der Waals surface area contributed by atoms with Crippen LogP contribution in [0.3, 0.4) is 0 Å². The molecule has 7 heteroatoms. The maximum atomic E-state index is 10.9. The Labute approximate surface area is 109 Å². The number of benzene rings is 1. The molecule has 1 unspecified atom stereocenters. The number of morpholine rings is 1. The highest BCUT2D eigenvalue weighted by atomic mass is 16.6. The van der Waals surface area contributed by atoms with Crippen molar-refractivity contribution < 1.29 is 19.6 Å². The molecule has 1 aromatic carbocycles. The van der Waals surface area contributed by atoms with E-state index in [-0.39, 0.29) is 24.0 Å². The summed E-state index contributed by atoms with van der Waals surface area (Å²) in [5.41, 5.74) is 0.565. The van der Waals surface area contributed by atoms with Crippen molar-refractivity contribution in [3.63, 3.8) is 0 Å². The van der Waals surface area contributed by atoms with Crippen molar-refractivity contribution in [3.8, 4) is 0 Å². The Bertz CT molecular complexity index is 491. The standard InChI is InChI=1S/C12H14N2O5/c15-7-9-5-10(1-2-12(9)14(17)18)13-3-4-19-11(6-13)8-16/h1-2,5,7,11,16H,3-4,6,8H2. The Kier molecular flexibility index (Phi) is 4.08. The lowest BCUT2D eigenvalue weighted by molar-refractivity contribution is -0.385. The van der Waals surface area contributed by atoms with Crippen LogP contribution in [0.25, 0.3) is 0 Å². The molecule has 0 radical (unpaired) electrons. The van der Waals surface area contributed by atoms with E-state index in [0.29, 0.717) is 26.0 Å². The zero-order valence-corrected chi connectivity index (χ0v) is 10.2. The molecule has 1 aliphatic rings. The predicted molar refractivity (Wildman–Crippen MR) is 67.5 cm³/mol. The minimum atomic E-state index is -0.580. The molecular formula is C12H14N2O5. The molecule has 0 spiro atoms. The maximum Gasteiger partial charge on any atom is 0.280 e. The first-order valence-corrected chi connectivity index (χ1v) is 5.86. The maximum absolute atomic E-state index is 10.9. The molecule has 2 rings (SSSR count). The Morgan fingerprint density at radius 2 is 2.37 bits per heavy atom. The van der Waals surface area contributed by atoms with Crippen LogP contribution >= 0.6 is 0 Å². The van der Waals surface area contributed by atoms with Gasteiger partial charge in [-0.05, 0) is 12.1 Å². The number of hydrogen-bond donors (Lipinski definition) is 1. The fraction of sp³-hybridized carbons (Fsp3) is 0.417. The average molecular weight is 266 g/mol. The number of anilines is 1. The van der Waals surface area contributed by atoms with E-state index in [1.807, 2.05) is 4.90 Å². The lowest BCUT2D eigenvalue weighted by Crippen LogP contribution is -2.44. The lowest BCUT2D eigenvalue weighted by atomic mass is 10.1. The van der Waals surface area contributed by atoms with Crippen molar-refractivity contribution in [2.75, 3.05) is 31.2 Å². The first-order chi connectivity index (χ1) is 9.15. The van der Waals surface area contributed by atoms with Gasteiger partial charge in [0, 0.05) is 24.8 Å². The number of ether oxygens (including phenoxy) is 1. The van der Waals surface area contributed by atoms with Gasteiger partial charge >= 0.3 is 0 Å². The first kappa shape index (κ1) is 13.4. The molecular weight excluding hydrogens is 252 g/mol. The molecule has 1 N–H and O–H groups in total. The summed E-state index contributed by atoms with van der Waals surface area (Å²) in [5, 5.41) is 19.8. The largest absolute Gasteiger partial charge is 0.394 e. The molecule has 1 heterocycles. The van der Waals surface area contributed by atoms with Crippen LogP contribution in [0, 0.1) is 10.1 Å². The van der Waals surface area contributed by atoms with Crippen molar-refractivity contribution in [1.29, 1.82) is 0 Å². The van der Waals surface area contributed by atoms with Crippen LogP contribution in [0.5, 0.6) is 0 Å². The second-order valence-electron chi connectivity index (χ2n) is 4.24. The number of carbonyl (C=O) groups excluding carboxylic acids is 1. The van der Waals surface area contributed by atoms with E-state index in [4.69, 9.17) is 9.84 Å². The van der Waals surface area contributed by atoms with Crippen molar-refractivity contribution in [2.45, 2.75) is 6.10 Å². The van der Waals surface area contributed by atoms with Crippen LogP contribution in [0.2, 0.25) is 0 Å². The molecule has 0 aromatic heterocycles. The van der Waals surface area contributed by atoms with Gasteiger partial charge in [0.15, 0.2) is 6.29 Å². The number of nitro groups is 1. The molecule has 0 saturated carbocycles. The third kappa shape index (κ3) is 2.88. The fourth-order valence-electron chi connectivity index (χ4n) is 2.06. The summed E-state index contributed by atoms with van der Waals surface area (Å²) in [6.45, 7) is 1.50. The van der Waals surface area contributed by atoms with Gasteiger partial charge in [-0.15, -0.1) is 0 Å². The van der Waals surface area contributed by atoms with Gasteiger partial charge in [-0.2, -0.15) is 0 Å². The van der Waals surface area contributed by atoms with E-state index in [0.717, 1.165) is 5.69 Å². The summed E-state index contributed by atoms with van der Waals surface area (Å²) in [7, 11) is 0. The summed E-state index contributed by atoms with van der Waals surface area (Å²) in [6.07, 6.45) is 0.203. The Morgan fingerprint density at radius 1 is 1.58 bits per heavy atom. The van der Waals surface area contributed by atoms with Gasteiger partial charge in [0.25, 0.3) is 5.69 Å². The molecule has 0 aliphatic carbocycles. The summed E-state index contributed by atoms with van der Waals surface area (Å²) < 4.78 is 5.33. The van der Waals surface area contributed by atoms with E-state index in [9.17, 15) is 14.9 Å². The number of nitrogens with zero attached hydrogens (tertiary/aromatic N) is 2. The van der Waals surface area contributed by atoms with Crippen LogP contribution in [0.15, 0.2) is 18.2 Å². The number of aliphatic hydroxyl groups is 1. The fourth-order valence-corrected chi connectivity index (χ4v) is 2.06. The third-order valence-corrected chi connectivity index (χ3v) is 3.04. The SMILES string of the molecule is O=Cc1cc(N2CCOC(CO)C2)ccc1[N+](=O)[O-]. The quantitative estimate of drug-likeness (QED) is 0.487. The molecule has 19 heavy (non-hydrogen) atoms. The second kappa shape index (κ2) is 5.77. The predicted octanol–water partition coefficient (Wildman–Crippen LogP) is 0.605. The van der Waals surface area contributed by atoms with Crippen LogP contribution in [-0.4, -0.2) is 48.7 Å². The number of nitro benzene ring substituents is 1. The monoisotopic (exact) mass is 266 g/mol. The molecule has 1 aliphatic heterocycles. The van der Waals surface area contributed by atoms with E-state index in [1.54, 1.807) is 6.07 Å². The van der Waals surface area contributed by atoms with Crippen LogP contribution < -0.4 is 4.90 Å². The van der Waals surface area contributed by atoms with Gasteiger partial charge in [-0.3, -0.25) is 14.9 Å². The number of aliphatic hydroxyl groups excluding tert-OH is 1. The summed E-state index contributed by atoms with van der Waals surface area (Å²) in [4.78, 5) is 23.0. The summed E-state index contributed by atoms with van der Waals surface area (Å²) >= 11 is 0. The topological polar surface area (TPSA) is 92.9 Å². The van der Waals surface area contributed by atoms with Gasteiger partial charge in [0.05, 0.1) is 29.8 Å². The molecule has 1 fully saturated rings. The smallest absolute Gasteiger partial charge is 0.280 e. The first-order valence-electron chi connectivity index (χ1n) is 5.86. The molecule has 102 valence electrons. The van der Waals surface area contributed by atoms with Crippen molar-refractivity contribution >= 4 is 17.7 Å². The second-order valence-corrected chi connectivity index (χ2v) is 4.24. The molecule has 0 bridgehead atoms. The molecule has 0 amide bonds. The number of rotatable bonds is 4. The van der Waals surface area contributed by atoms with Gasteiger partial charge in [-0.1, -0.05) is 0 Å². The van der Waals surface area contributed by atoms with Crippen LogP contribution in [-0.2, 0) is 4.74 Å². The highest BCUT2D eigenvalue weighted by Gasteiger charge is 2.22. The Hall–Kier alpha value is -1.99. The minimum absolute atomic E-state index is 0.0505. The van der Waals surface area contributed by atoms with E-state index in [1.165, 1.54) is 12.1 Å². The van der Waals surface area contributed by atoms with Crippen LogP contribution in [0.1, 0.15) is 10.4 Å². The minimum Gasteiger partial charge on any atom is -0.394 e.